The standard InChI is InChI=1S/C14H15NO2/c1-10(2)17-9-13(16)14-12-6-4-3-5-11(12)7-8-15-14/h3-8,10H,9H2,1-2H3. The van der Waals surface area contributed by atoms with E-state index in [0.717, 1.165) is 10.8 Å². The van der Waals surface area contributed by atoms with Crippen molar-refractivity contribution in [3.8, 4) is 0 Å². The van der Waals surface area contributed by atoms with E-state index in [2.05, 4.69) is 4.98 Å². The Morgan fingerprint density at radius 2 is 2.06 bits per heavy atom. The van der Waals surface area contributed by atoms with Gasteiger partial charge in [0.1, 0.15) is 12.3 Å². The van der Waals surface area contributed by atoms with E-state index < -0.39 is 0 Å². The van der Waals surface area contributed by atoms with Gasteiger partial charge in [-0.1, -0.05) is 24.3 Å². The van der Waals surface area contributed by atoms with Gasteiger partial charge in [-0.25, -0.2) is 0 Å². The molecule has 1 aromatic heterocycles. The Morgan fingerprint density at radius 3 is 2.82 bits per heavy atom. The van der Waals surface area contributed by atoms with E-state index in [9.17, 15) is 4.79 Å². The van der Waals surface area contributed by atoms with E-state index in [4.69, 9.17) is 4.74 Å². The highest BCUT2D eigenvalue weighted by Crippen LogP contribution is 2.16. The summed E-state index contributed by atoms with van der Waals surface area (Å²) < 4.78 is 5.32. The Kier molecular flexibility index (Phi) is 3.49. The van der Waals surface area contributed by atoms with Crippen molar-refractivity contribution in [1.82, 2.24) is 4.98 Å². The van der Waals surface area contributed by atoms with Gasteiger partial charge >= 0.3 is 0 Å². The third kappa shape index (κ3) is 2.68. The third-order valence-electron chi connectivity index (χ3n) is 2.49. The number of ether oxygens (including phenoxy) is 1. The molecule has 2 rings (SSSR count). The molecule has 0 N–H and O–H groups in total. The lowest BCUT2D eigenvalue weighted by Crippen LogP contribution is -2.14. The highest BCUT2D eigenvalue weighted by atomic mass is 16.5. The Balaban J connectivity index is 2.32. The number of fused-ring (bicyclic) bond motifs is 1. The number of hydrogen-bond acceptors (Lipinski definition) is 3. The van der Waals surface area contributed by atoms with Gasteiger partial charge in [0.25, 0.3) is 0 Å². The van der Waals surface area contributed by atoms with Crippen molar-refractivity contribution in [3.05, 3.63) is 42.2 Å². The van der Waals surface area contributed by atoms with E-state index in [-0.39, 0.29) is 18.5 Å². The average Bonchev–Trinajstić information content (AvgIpc) is 2.35. The zero-order valence-corrected chi connectivity index (χ0v) is 10.0. The van der Waals surface area contributed by atoms with Crippen LogP contribution in [0, 0.1) is 0 Å². The van der Waals surface area contributed by atoms with Crippen molar-refractivity contribution in [2.24, 2.45) is 0 Å². The fourth-order valence-electron chi connectivity index (χ4n) is 1.65. The number of ketones is 1. The van der Waals surface area contributed by atoms with Crippen LogP contribution in [-0.2, 0) is 4.74 Å². The molecule has 0 fully saturated rings. The molecule has 0 radical (unpaired) electrons. The molecule has 0 amide bonds. The summed E-state index contributed by atoms with van der Waals surface area (Å²) >= 11 is 0. The van der Waals surface area contributed by atoms with Crippen LogP contribution in [0.15, 0.2) is 36.5 Å². The Labute approximate surface area is 100 Å². The van der Waals surface area contributed by atoms with Crippen molar-refractivity contribution in [2.45, 2.75) is 20.0 Å². The van der Waals surface area contributed by atoms with Gasteiger partial charge in [0.15, 0.2) is 0 Å². The van der Waals surface area contributed by atoms with Crippen LogP contribution >= 0.6 is 0 Å². The van der Waals surface area contributed by atoms with E-state index in [1.165, 1.54) is 0 Å². The van der Waals surface area contributed by atoms with Crippen LogP contribution in [0.5, 0.6) is 0 Å². The van der Waals surface area contributed by atoms with Crippen LogP contribution in [0.1, 0.15) is 24.3 Å². The maximum atomic E-state index is 12.0. The number of aromatic nitrogens is 1. The van der Waals surface area contributed by atoms with Crippen LogP contribution < -0.4 is 0 Å². The van der Waals surface area contributed by atoms with Gasteiger partial charge in [-0.05, 0) is 25.3 Å². The molecule has 3 heteroatoms. The molecule has 1 aromatic carbocycles. The van der Waals surface area contributed by atoms with E-state index in [0.29, 0.717) is 5.69 Å². The molecule has 0 saturated heterocycles. The fraction of sp³-hybridized carbons (Fsp3) is 0.286. The highest BCUT2D eigenvalue weighted by molar-refractivity contribution is 6.06. The van der Waals surface area contributed by atoms with E-state index >= 15 is 0 Å². The van der Waals surface area contributed by atoms with Gasteiger partial charge in [0, 0.05) is 11.6 Å². The summed E-state index contributed by atoms with van der Waals surface area (Å²) in [4.78, 5) is 16.1. The minimum Gasteiger partial charge on any atom is -0.371 e. The summed E-state index contributed by atoms with van der Waals surface area (Å²) in [5.74, 6) is -0.0736. The predicted octanol–water partition coefficient (Wildman–Crippen LogP) is 2.84. The summed E-state index contributed by atoms with van der Waals surface area (Å²) in [6, 6.07) is 9.63. The van der Waals surface area contributed by atoms with Gasteiger partial charge in [0.2, 0.25) is 5.78 Å². The van der Waals surface area contributed by atoms with Crippen molar-refractivity contribution in [2.75, 3.05) is 6.61 Å². The van der Waals surface area contributed by atoms with Crippen molar-refractivity contribution < 1.29 is 9.53 Å². The third-order valence-corrected chi connectivity index (χ3v) is 2.49. The van der Waals surface area contributed by atoms with Crippen molar-refractivity contribution in [3.63, 3.8) is 0 Å². The molecule has 17 heavy (non-hydrogen) atoms. The molecule has 0 bridgehead atoms. The van der Waals surface area contributed by atoms with Gasteiger partial charge < -0.3 is 4.74 Å². The minimum absolute atomic E-state index is 0.0499. The smallest absolute Gasteiger partial charge is 0.207 e. The summed E-state index contributed by atoms with van der Waals surface area (Å²) in [5, 5.41) is 1.91. The average molecular weight is 229 g/mol. The lowest BCUT2D eigenvalue weighted by atomic mass is 10.1. The first kappa shape index (κ1) is 11.7. The molecule has 2 aromatic rings. The van der Waals surface area contributed by atoms with E-state index in [1.807, 2.05) is 44.2 Å². The molecule has 88 valence electrons. The van der Waals surface area contributed by atoms with Gasteiger partial charge in [0.05, 0.1) is 6.10 Å². The second kappa shape index (κ2) is 5.06. The molecule has 0 aliphatic rings. The number of hydrogen-bond donors (Lipinski definition) is 0. The second-order valence-corrected chi connectivity index (χ2v) is 4.16. The van der Waals surface area contributed by atoms with Crippen LogP contribution in [0.3, 0.4) is 0 Å². The van der Waals surface area contributed by atoms with Crippen molar-refractivity contribution >= 4 is 16.6 Å². The fourth-order valence-corrected chi connectivity index (χ4v) is 1.65. The number of carbonyl (C=O) groups excluding carboxylic acids is 1. The van der Waals surface area contributed by atoms with Gasteiger partial charge in [-0.15, -0.1) is 0 Å². The first-order valence-electron chi connectivity index (χ1n) is 5.67. The molecule has 0 atom stereocenters. The largest absolute Gasteiger partial charge is 0.371 e. The van der Waals surface area contributed by atoms with Crippen molar-refractivity contribution in [1.29, 1.82) is 0 Å². The number of nitrogens with zero attached hydrogens (tertiary/aromatic N) is 1. The quantitative estimate of drug-likeness (QED) is 0.757. The van der Waals surface area contributed by atoms with Gasteiger partial charge in [-0.3, -0.25) is 9.78 Å². The Bertz CT molecular complexity index is 529. The van der Waals surface area contributed by atoms with Crippen LogP contribution in [0.25, 0.3) is 10.8 Å². The number of pyridine rings is 1. The zero-order chi connectivity index (χ0) is 12.3. The summed E-state index contributed by atoms with van der Waals surface area (Å²) in [5.41, 5.74) is 0.490. The zero-order valence-electron chi connectivity index (χ0n) is 10.0. The number of Topliss-reactive ketones (excluding diaryl/α,β-unsaturated/α-hetero) is 1. The molecule has 3 nitrogen and oxygen atoms in total. The first-order valence-corrected chi connectivity index (χ1v) is 5.67. The molecule has 0 aliphatic heterocycles. The summed E-state index contributed by atoms with van der Waals surface area (Å²) in [6.45, 7) is 3.90. The second-order valence-electron chi connectivity index (χ2n) is 4.16. The molecular weight excluding hydrogens is 214 g/mol. The van der Waals surface area contributed by atoms with Crippen LogP contribution in [0.4, 0.5) is 0 Å². The van der Waals surface area contributed by atoms with Crippen LogP contribution in [0.2, 0.25) is 0 Å². The molecule has 0 unspecified atom stereocenters. The lowest BCUT2D eigenvalue weighted by Gasteiger charge is -2.07. The Morgan fingerprint density at radius 1 is 1.29 bits per heavy atom. The predicted molar refractivity (Wildman–Crippen MR) is 67.2 cm³/mol. The molecule has 0 spiro atoms. The maximum absolute atomic E-state index is 12.0. The van der Waals surface area contributed by atoms with E-state index in [1.54, 1.807) is 6.20 Å². The molecular formula is C14H15NO2. The highest BCUT2D eigenvalue weighted by Gasteiger charge is 2.12. The number of benzene rings is 1. The maximum Gasteiger partial charge on any atom is 0.207 e. The summed E-state index contributed by atoms with van der Waals surface area (Å²) in [6.07, 6.45) is 1.71. The number of rotatable bonds is 4. The summed E-state index contributed by atoms with van der Waals surface area (Å²) in [7, 11) is 0. The normalized spacial score (nSPS) is 11.0. The molecule has 0 aliphatic carbocycles. The number of carbonyl (C=O) groups is 1. The van der Waals surface area contributed by atoms with Crippen LogP contribution in [-0.4, -0.2) is 23.5 Å². The lowest BCUT2D eigenvalue weighted by molar-refractivity contribution is 0.0582. The Hall–Kier alpha value is -1.74. The monoisotopic (exact) mass is 229 g/mol. The molecule has 1 heterocycles. The van der Waals surface area contributed by atoms with Gasteiger partial charge in [-0.2, -0.15) is 0 Å². The minimum atomic E-state index is -0.0736. The SMILES string of the molecule is CC(C)OCC(=O)c1nccc2ccccc12. The first-order chi connectivity index (χ1) is 8.18. The molecule has 0 saturated carbocycles. The topological polar surface area (TPSA) is 39.2 Å².